The van der Waals surface area contributed by atoms with Gasteiger partial charge in [0.15, 0.2) is 6.10 Å². The Morgan fingerprint density at radius 2 is 0.375 bits per heavy atom. The fourth-order valence-corrected chi connectivity index (χ4v) is 10.4. The lowest BCUT2D eigenvalue weighted by atomic mass is 10.0. The highest BCUT2D eigenvalue weighted by molar-refractivity contribution is 5.71. The average Bonchev–Trinajstić information content (AvgIpc) is 3.38. The van der Waals surface area contributed by atoms with Gasteiger partial charge in [-0.3, -0.25) is 14.4 Å². The van der Waals surface area contributed by atoms with E-state index < -0.39 is 6.10 Å². The van der Waals surface area contributed by atoms with Gasteiger partial charge in [0, 0.05) is 19.3 Å². The molecule has 0 aliphatic rings. The molecule has 1 unspecified atom stereocenters. The molecular weight excluding hydrogens is 889 g/mol. The van der Waals surface area contributed by atoms with Gasteiger partial charge in [-0.1, -0.05) is 348 Å². The fourth-order valence-electron chi connectivity index (χ4n) is 10.4. The van der Waals surface area contributed by atoms with E-state index in [4.69, 9.17) is 14.2 Å². The highest BCUT2D eigenvalue weighted by atomic mass is 16.6. The van der Waals surface area contributed by atoms with E-state index in [9.17, 15) is 14.4 Å². The molecule has 0 saturated carbocycles. The zero-order valence-electron chi connectivity index (χ0n) is 49.2. The summed E-state index contributed by atoms with van der Waals surface area (Å²) in [5.74, 6) is -0.848. The minimum Gasteiger partial charge on any atom is -0.462 e. The Kier molecular flexibility index (Phi) is 60.6. The molecule has 0 radical (unpaired) electrons. The van der Waals surface area contributed by atoms with Crippen LogP contribution in [-0.2, 0) is 28.6 Å². The van der Waals surface area contributed by atoms with Gasteiger partial charge in [0.2, 0.25) is 0 Å². The first-order chi connectivity index (χ1) is 35.5. The van der Waals surface area contributed by atoms with E-state index in [1.165, 1.54) is 283 Å². The van der Waals surface area contributed by atoms with Crippen molar-refractivity contribution in [3.63, 3.8) is 0 Å². The summed E-state index contributed by atoms with van der Waals surface area (Å²) < 4.78 is 16.8. The summed E-state index contributed by atoms with van der Waals surface area (Å²) in [5, 5.41) is 0. The SMILES string of the molecule is CCCCCCCCCCCCCCCCCCCCCCCCCCCCCCCCCCC(=O)OCC(COC(=O)CCCCCCC)OC(=O)CCCCCCCCCCCCCCCCCCC. The zero-order chi connectivity index (χ0) is 52.2. The number of esters is 3. The minimum atomic E-state index is -0.760. The van der Waals surface area contributed by atoms with Crippen molar-refractivity contribution in [2.45, 2.75) is 393 Å². The first-order valence-electron chi connectivity index (χ1n) is 33.0. The minimum absolute atomic E-state index is 0.0625. The zero-order valence-corrected chi connectivity index (χ0v) is 49.2. The predicted molar refractivity (Wildman–Crippen MR) is 312 cm³/mol. The molecule has 0 aliphatic carbocycles. The Hall–Kier alpha value is -1.59. The quantitative estimate of drug-likeness (QED) is 0.0343. The Morgan fingerprint density at radius 3 is 0.556 bits per heavy atom. The van der Waals surface area contributed by atoms with Gasteiger partial charge in [0.05, 0.1) is 0 Å². The largest absolute Gasteiger partial charge is 0.462 e. The summed E-state index contributed by atoms with van der Waals surface area (Å²) >= 11 is 0. The van der Waals surface area contributed by atoms with Crippen molar-refractivity contribution < 1.29 is 28.6 Å². The topological polar surface area (TPSA) is 78.9 Å². The summed E-state index contributed by atoms with van der Waals surface area (Å²) in [6.45, 7) is 6.63. The molecule has 0 aromatic heterocycles. The number of hydrogen-bond donors (Lipinski definition) is 0. The van der Waals surface area contributed by atoms with Gasteiger partial charge in [0.1, 0.15) is 13.2 Å². The second-order valence-electron chi connectivity index (χ2n) is 22.8. The maximum Gasteiger partial charge on any atom is 0.306 e. The van der Waals surface area contributed by atoms with Crippen LogP contribution < -0.4 is 0 Å². The number of unbranched alkanes of at least 4 members (excludes halogenated alkanes) is 51. The van der Waals surface area contributed by atoms with E-state index >= 15 is 0 Å². The predicted octanol–water partition coefficient (Wildman–Crippen LogP) is 22.3. The van der Waals surface area contributed by atoms with Crippen molar-refractivity contribution in [1.29, 1.82) is 0 Å². The molecule has 0 amide bonds. The van der Waals surface area contributed by atoms with E-state index in [1.54, 1.807) is 0 Å². The van der Waals surface area contributed by atoms with Crippen molar-refractivity contribution in [3.05, 3.63) is 0 Å². The third kappa shape index (κ3) is 59.3. The van der Waals surface area contributed by atoms with E-state index in [0.29, 0.717) is 19.3 Å². The smallest absolute Gasteiger partial charge is 0.306 e. The molecule has 0 aromatic rings. The van der Waals surface area contributed by atoms with Crippen LogP contribution in [0.25, 0.3) is 0 Å². The van der Waals surface area contributed by atoms with Crippen molar-refractivity contribution >= 4 is 17.9 Å². The summed E-state index contributed by atoms with van der Waals surface area (Å²) in [7, 11) is 0. The summed E-state index contributed by atoms with van der Waals surface area (Å²) in [5.41, 5.74) is 0. The van der Waals surface area contributed by atoms with Crippen LogP contribution in [0.15, 0.2) is 0 Å². The molecular formula is C66H128O6. The summed E-state index contributed by atoms with van der Waals surface area (Å²) in [6, 6.07) is 0. The second kappa shape index (κ2) is 62.0. The maximum atomic E-state index is 12.8. The first-order valence-corrected chi connectivity index (χ1v) is 33.0. The van der Waals surface area contributed by atoms with Gasteiger partial charge in [-0.25, -0.2) is 0 Å². The molecule has 0 heterocycles. The van der Waals surface area contributed by atoms with Crippen molar-refractivity contribution in [3.8, 4) is 0 Å². The van der Waals surface area contributed by atoms with Crippen LogP contribution in [-0.4, -0.2) is 37.2 Å². The number of carbonyl (C=O) groups is 3. The van der Waals surface area contributed by atoms with Gasteiger partial charge in [0.25, 0.3) is 0 Å². The number of carbonyl (C=O) groups excluding carboxylic acids is 3. The Balaban J connectivity index is 3.85. The van der Waals surface area contributed by atoms with Gasteiger partial charge < -0.3 is 14.2 Å². The lowest BCUT2D eigenvalue weighted by Gasteiger charge is -2.18. The van der Waals surface area contributed by atoms with Crippen LogP contribution in [0.4, 0.5) is 0 Å². The molecule has 0 aliphatic heterocycles. The molecule has 0 fully saturated rings. The Labute approximate surface area is 450 Å². The van der Waals surface area contributed by atoms with E-state index in [-0.39, 0.29) is 31.1 Å². The first kappa shape index (κ1) is 70.4. The molecule has 0 spiro atoms. The van der Waals surface area contributed by atoms with Crippen molar-refractivity contribution in [2.24, 2.45) is 0 Å². The van der Waals surface area contributed by atoms with Crippen molar-refractivity contribution in [2.75, 3.05) is 13.2 Å². The number of rotatable bonds is 62. The van der Waals surface area contributed by atoms with Gasteiger partial charge >= 0.3 is 17.9 Å². The molecule has 0 aromatic carbocycles. The summed E-state index contributed by atoms with van der Waals surface area (Å²) in [4.78, 5) is 37.9. The summed E-state index contributed by atoms with van der Waals surface area (Å²) in [6.07, 6.45) is 71.9. The lowest BCUT2D eigenvalue weighted by molar-refractivity contribution is -0.167. The fraction of sp³-hybridized carbons (Fsp3) is 0.955. The lowest BCUT2D eigenvalue weighted by Crippen LogP contribution is -2.30. The highest BCUT2D eigenvalue weighted by Crippen LogP contribution is 2.19. The van der Waals surface area contributed by atoms with Gasteiger partial charge in [-0.2, -0.15) is 0 Å². The maximum absolute atomic E-state index is 12.8. The van der Waals surface area contributed by atoms with Crippen LogP contribution in [0, 0.1) is 0 Å². The molecule has 0 bridgehead atoms. The molecule has 0 rings (SSSR count). The van der Waals surface area contributed by atoms with E-state index in [0.717, 1.165) is 64.2 Å². The molecule has 6 heteroatoms. The van der Waals surface area contributed by atoms with Crippen LogP contribution in [0.2, 0.25) is 0 Å². The third-order valence-corrected chi connectivity index (χ3v) is 15.4. The third-order valence-electron chi connectivity index (χ3n) is 15.4. The Bertz CT molecular complexity index is 1080. The second-order valence-corrected chi connectivity index (χ2v) is 22.8. The van der Waals surface area contributed by atoms with E-state index in [1.807, 2.05) is 0 Å². The van der Waals surface area contributed by atoms with Gasteiger partial charge in [-0.15, -0.1) is 0 Å². The molecule has 0 saturated heterocycles. The molecule has 72 heavy (non-hydrogen) atoms. The number of ether oxygens (including phenoxy) is 3. The highest BCUT2D eigenvalue weighted by Gasteiger charge is 2.19. The molecule has 1 atom stereocenters. The van der Waals surface area contributed by atoms with Crippen LogP contribution in [0.1, 0.15) is 387 Å². The monoisotopic (exact) mass is 1020 g/mol. The van der Waals surface area contributed by atoms with E-state index in [2.05, 4.69) is 20.8 Å². The molecule has 0 N–H and O–H groups in total. The standard InChI is InChI=1S/C66H128O6/c1-4-7-10-13-15-17-19-21-23-25-26-27-28-29-30-31-32-33-34-35-36-37-38-39-41-42-44-46-48-50-53-56-59-65(68)71-62-63(61-70-64(67)58-55-52-12-9-6-3)72-66(69)60-57-54-51-49-47-45-43-40-24-22-20-18-16-14-11-8-5-2/h63H,4-62H2,1-3H3. The number of hydrogen-bond acceptors (Lipinski definition) is 6. The van der Waals surface area contributed by atoms with Crippen LogP contribution in [0.5, 0.6) is 0 Å². The molecule has 428 valence electrons. The van der Waals surface area contributed by atoms with Crippen LogP contribution >= 0.6 is 0 Å². The van der Waals surface area contributed by atoms with Crippen LogP contribution in [0.3, 0.4) is 0 Å². The van der Waals surface area contributed by atoms with Gasteiger partial charge in [-0.05, 0) is 19.3 Å². The van der Waals surface area contributed by atoms with Crippen molar-refractivity contribution in [1.82, 2.24) is 0 Å². The molecule has 6 nitrogen and oxygen atoms in total. The normalized spacial score (nSPS) is 11.9. The Morgan fingerprint density at radius 1 is 0.222 bits per heavy atom. The average molecular weight is 1020 g/mol.